The standard InChI is InChI=1S/C18H18ClN3O2/c1-13(22-12-21-16-7-2-3-8-17(16)22)18(23)20-9-10-24-15-6-4-5-14(19)11-15/h2-8,11-13H,9-10H2,1H3,(H,20,23)/t13-/m0/s1. The lowest BCUT2D eigenvalue weighted by atomic mass is 10.2. The van der Waals surface area contributed by atoms with Gasteiger partial charge in [-0.1, -0.05) is 29.8 Å². The zero-order chi connectivity index (χ0) is 16.9. The summed E-state index contributed by atoms with van der Waals surface area (Å²) in [5.74, 6) is 0.609. The Morgan fingerprint density at radius 2 is 2.12 bits per heavy atom. The van der Waals surface area contributed by atoms with E-state index in [2.05, 4.69) is 10.3 Å². The average molecular weight is 344 g/mol. The summed E-state index contributed by atoms with van der Waals surface area (Å²) in [6.07, 6.45) is 1.69. The van der Waals surface area contributed by atoms with Crippen LogP contribution in [0.3, 0.4) is 0 Å². The first-order valence-corrected chi connectivity index (χ1v) is 8.10. The van der Waals surface area contributed by atoms with E-state index < -0.39 is 0 Å². The third-order valence-corrected chi connectivity index (χ3v) is 3.98. The Labute approximate surface area is 145 Å². The molecule has 0 aliphatic heterocycles. The van der Waals surface area contributed by atoms with E-state index in [9.17, 15) is 4.79 Å². The molecule has 3 aromatic rings. The van der Waals surface area contributed by atoms with E-state index in [1.54, 1.807) is 18.5 Å². The summed E-state index contributed by atoms with van der Waals surface area (Å²) in [6.45, 7) is 2.65. The van der Waals surface area contributed by atoms with Gasteiger partial charge in [-0.3, -0.25) is 4.79 Å². The number of rotatable bonds is 6. The van der Waals surface area contributed by atoms with Gasteiger partial charge in [0.15, 0.2) is 0 Å². The number of benzene rings is 2. The lowest BCUT2D eigenvalue weighted by molar-refractivity contribution is -0.123. The number of fused-ring (bicyclic) bond motifs is 1. The molecule has 0 saturated heterocycles. The third-order valence-electron chi connectivity index (χ3n) is 3.74. The molecular formula is C18H18ClN3O2. The normalized spacial score (nSPS) is 12.1. The van der Waals surface area contributed by atoms with Crippen LogP contribution in [-0.2, 0) is 4.79 Å². The van der Waals surface area contributed by atoms with E-state index in [0.717, 1.165) is 11.0 Å². The molecule has 24 heavy (non-hydrogen) atoms. The van der Waals surface area contributed by atoms with Crippen LogP contribution in [-0.4, -0.2) is 28.6 Å². The number of halogens is 1. The number of aromatic nitrogens is 2. The first-order chi connectivity index (χ1) is 11.6. The van der Waals surface area contributed by atoms with Crippen molar-refractivity contribution in [3.8, 4) is 5.75 Å². The fourth-order valence-electron chi connectivity index (χ4n) is 2.46. The van der Waals surface area contributed by atoms with Crippen molar-refractivity contribution in [3.63, 3.8) is 0 Å². The monoisotopic (exact) mass is 343 g/mol. The van der Waals surface area contributed by atoms with Gasteiger partial charge in [-0.15, -0.1) is 0 Å². The highest BCUT2D eigenvalue weighted by molar-refractivity contribution is 6.30. The first kappa shape index (κ1) is 16.3. The van der Waals surface area contributed by atoms with Crippen LogP contribution >= 0.6 is 11.6 Å². The van der Waals surface area contributed by atoms with Crippen molar-refractivity contribution in [2.24, 2.45) is 0 Å². The summed E-state index contributed by atoms with van der Waals surface area (Å²) in [7, 11) is 0. The summed E-state index contributed by atoms with van der Waals surface area (Å²) in [5.41, 5.74) is 1.82. The summed E-state index contributed by atoms with van der Waals surface area (Å²) in [5, 5.41) is 3.50. The van der Waals surface area contributed by atoms with Crippen LogP contribution < -0.4 is 10.1 Å². The lowest BCUT2D eigenvalue weighted by Crippen LogP contribution is -2.33. The Kier molecular flexibility index (Phi) is 5.01. The predicted molar refractivity (Wildman–Crippen MR) is 94.4 cm³/mol. The first-order valence-electron chi connectivity index (χ1n) is 7.73. The van der Waals surface area contributed by atoms with Crippen molar-refractivity contribution < 1.29 is 9.53 Å². The van der Waals surface area contributed by atoms with E-state index >= 15 is 0 Å². The predicted octanol–water partition coefficient (Wildman–Crippen LogP) is 3.45. The van der Waals surface area contributed by atoms with Crippen LogP contribution in [0, 0.1) is 0 Å². The highest BCUT2D eigenvalue weighted by Crippen LogP contribution is 2.18. The van der Waals surface area contributed by atoms with E-state index in [1.165, 1.54) is 0 Å². The topological polar surface area (TPSA) is 56.1 Å². The van der Waals surface area contributed by atoms with Gasteiger partial charge in [0.1, 0.15) is 18.4 Å². The number of carbonyl (C=O) groups excluding carboxylic acids is 1. The molecule has 6 heteroatoms. The molecule has 1 aromatic heterocycles. The third kappa shape index (κ3) is 3.68. The van der Waals surface area contributed by atoms with Crippen LogP contribution in [0.2, 0.25) is 5.02 Å². The molecule has 0 bridgehead atoms. The number of nitrogens with one attached hydrogen (secondary N) is 1. The van der Waals surface area contributed by atoms with Gasteiger partial charge in [-0.25, -0.2) is 4.98 Å². The van der Waals surface area contributed by atoms with E-state index in [4.69, 9.17) is 16.3 Å². The van der Waals surface area contributed by atoms with Crippen molar-refractivity contribution in [2.75, 3.05) is 13.2 Å². The quantitative estimate of drug-likeness (QED) is 0.697. The molecule has 0 unspecified atom stereocenters. The van der Waals surface area contributed by atoms with E-state index in [0.29, 0.717) is 23.9 Å². The van der Waals surface area contributed by atoms with Crippen LogP contribution in [0.1, 0.15) is 13.0 Å². The minimum absolute atomic E-state index is 0.0761. The van der Waals surface area contributed by atoms with Gasteiger partial charge in [0.25, 0.3) is 0 Å². The smallest absolute Gasteiger partial charge is 0.242 e. The number of nitrogens with zero attached hydrogens (tertiary/aromatic N) is 2. The number of imidazole rings is 1. The SMILES string of the molecule is C[C@@H](C(=O)NCCOc1cccc(Cl)c1)n1cnc2ccccc21. The van der Waals surface area contributed by atoms with Crippen molar-refractivity contribution in [1.29, 1.82) is 0 Å². The molecule has 0 fully saturated rings. The Hall–Kier alpha value is -2.53. The minimum atomic E-state index is -0.344. The number of para-hydroxylation sites is 2. The summed E-state index contributed by atoms with van der Waals surface area (Å²) in [6, 6.07) is 14.6. The summed E-state index contributed by atoms with van der Waals surface area (Å²) in [4.78, 5) is 16.6. The maximum Gasteiger partial charge on any atom is 0.242 e. The Morgan fingerprint density at radius 1 is 1.29 bits per heavy atom. The van der Waals surface area contributed by atoms with Gasteiger partial charge in [0.2, 0.25) is 5.91 Å². The lowest BCUT2D eigenvalue weighted by Gasteiger charge is -2.15. The summed E-state index contributed by atoms with van der Waals surface area (Å²) < 4.78 is 7.42. The molecular weight excluding hydrogens is 326 g/mol. The largest absolute Gasteiger partial charge is 0.492 e. The van der Waals surface area contributed by atoms with Gasteiger partial charge in [0, 0.05) is 5.02 Å². The molecule has 5 nitrogen and oxygen atoms in total. The molecule has 0 radical (unpaired) electrons. The van der Waals surface area contributed by atoms with Crippen molar-refractivity contribution in [3.05, 3.63) is 59.9 Å². The molecule has 2 aromatic carbocycles. The number of amides is 1. The van der Waals surface area contributed by atoms with Crippen LogP contribution in [0.5, 0.6) is 5.75 Å². The fourth-order valence-corrected chi connectivity index (χ4v) is 2.64. The average Bonchev–Trinajstić information content (AvgIpc) is 3.02. The second-order valence-corrected chi connectivity index (χ2v) is 5.85. The fraction of sp³-hybridized carbons (Fsp3) is 0.222. The Morgan fingerprint density at radius 3 is 2.96 bits per heavy atom. The van der Waals surface area contributed by atoms with Crippen molar-refractivity contribution >= 4 is 28.5 Å². The highest BCUT2D eigenvalue weighted by Gasteiger charge is 2.16. The second-order valence-electron chi connectivity index (χ2n) is 5.41. The number of ether oxygens (including phenoxy) is 1. The molecule has 1 atom stereocenters. The molecule has 0 aliphatic rings. The van der Waals surface area contributed by atoms with Gasteiger partial charge in [-0.05, 0) is 37.3 Å². The van der Waals surface area contributed by atoms with E-state index in [-0.39, 0.29) is 11.9 Å². The minimum Gasteiger partial charge on any atom is -0.492 e. The maximum absolute atomic E-state index is 12.3. The number of carbonyl (C=O) groups is 1. The van der Waals surface area contributed by atoms with Crippen LogP contribution in [0.4, 0.5) is 0 Å². The molecule has 3 rings (SSSR count). The van der Waals surface area contributed by atoms with Gasteiger partial charge in [-0.2, -0.15) is 0 Å². The molecule has 1 heterocycles. The van der Waals surface area contributed by atoms with Gasteiger partial charge >= 0.3 is 0 Å². The molecule has 0 spiro atoms. The van der Waals surface area contributed by atoms with Gasteiger partial charge < -0.3 is 14.6 Å². The Bertz CT molecular complexity index is 847. The van der Waals surface area contributed by atoms with Gasteiger partial charge in [0.05, 0.1) is 23.9 Å². The summed E-state index contributed by atoms with van der Waals surface area (Å²) >= 11 is 5.90. The number of hydrogen-bond donors (Lipinski definition) is 1. The van der Waals surface area contributed by atoms with E-state index in [1.807, 2.05) is 47.9 Å². The highest BCUT2D eigenvalue weighted by atomic mass is 35.5. The number of hydrogen-bond acceptors (Lipinski definition) is 3. The van der Waals surface area contributed by atoms with Crippen molar-refractivity contribution in [1.82, 2.24) is 14.9 Å². The maximum atomic E-state index is 12.3. The molecule has 1 amide bonds. The van der Waals surface area contributed by atoms with Crippen LogP contribution in [0.15, 0.2) is 54.9 Å². The second kappa shape index (κ2) is 7.36. The zero-order valence-electron chi connectivity index (χ0n) is 13.3. The van der Waals surface area contributed by atoms with Crippen molar-refractivity contribution in [2.45, 2.75) is 13.0 Å². The molecule has 124 valence electrons. The molecule has 0 saturated carbocycles. The molecule has 1 N–H and O–H groups in total. The zero-order valence-corrected chi connectivity index (χ0v) is 14.0. The van der Waals surface area contributed by atoms with Crippen LogP contribution in [0.25, 0.3) is 11.0 Å². The molecule has 0 aliphatic carbocycles. The Balaban J connectivity index is 1.53.